The van der Waals surface area contributed by atoms with E-state index in [1.807, 2.05) is 0 Å². The molecule has 19 heavy (non-hydrogen) atoms. The van der Waals surface area contributed by atoms with Gasteiger partial charge in [-0.15, -0.1) is 0 Å². The van der Waals surface area contributed by atoms with Gasteiger partial charge in [0.1, 0.15) is 5.82 Å². The van der Waals surface area contributed by atoms with Crippen LogP contribution in [0.15, 0.2) is 42.5 Å². The zero-order chi connectivity index (χ0) is 13.8. The number of carbonyl (C=O) groups is 1. The molecule has 2 aromatic carbocycles. The normalized spacial score (nSPS) is 10.3. The van der Waals surface area contributed by atoms with Crippen molar-refractivity contribution in [3.8, 4) is 0 Å². The summed E-state index contributed by atoms with van der Waals surface area (Å²) in [5.74, 6) is -3.32. The maximum atomic E-state index is 13.3. The summed E-state index contributed by atoms with van der Waals surface area (Å²) in [6, 6.07) is 9.23. The molecule has 1 N–H and O–H groups in total. The second kappa shape index (κ2) is 5.56. The summed E-state index contributed by atoms with van der Waals surface area (Å²) in [5, 5.41) is 2.21. The van der Waals surface area contributed by atoms with Gasteiger partial charge in [-0.25, -0.2) is 13.2 Å². The summed E-state index contributed by atoms with van der Waals surface area (Å²) in [6.07, 6.45) is -0.247. The van der Waals surface area contributed by atoms with Crippen LogP contribution in [-0.2, 0) is 11.2 Å². The molecule has 0 aromatic heterocycles. The van der Waals surface area contributed by atoms with E-state index in [9.17, 15) is 18.0 Å². The predicted molar refractivity (Wildman–Crippen MR) is 65.1 cm³/mol. The van der Waals surface area contributed by atoms with Gasteiger partial charge >= 0.3 is 0 Å². The molecule has 0 spiro atoms. The topological polar surface area (TPSA) is 29.1 Å². The molecule has 98 valence electrons. The average molecular weight is 265 g/mol. The van der Waals surface area contributed by atoms with Gasteiger partial charge in [0.2, 0.25) is 5.91 Å². The van der Waals surface area contributed by atoms with E-state index < -0.39 is 23.4 Å². The van der Waals surface area contributed by atoms with Crippen LogP contribution in [0.1, 0.15) is 5.56 Å². The Labute approximate surface area is 107 Å². The number of hydrogen-bond acceptors (Lipinski definition) is 1. The van der Waals surface area contributed by atoms with Gasteiger partial charge in [-0.2, -0.15) is 0 Å². The lowest BCUT2D eigenvalue weighted by atomic mass is 10.1. The molecule has 0 heterocycles. The Bertz CT molecular complexity index is 613. The van der Waals surface area contributed by atoms with E-state index in [4.69, 9.17) is 0 Å². The summed E-state index contributed by atoms with van der Waals surface area (Å²) in [6.45, 7) is 0. The van der Waals surface area contributed by atoms with Crippen LogP contribution in [0.5, 0.6) is 0 Å². The summed E-state index contributed by atoms with van der Waals surface area (Å²) >= 11 is 0. The molecule has 2 rings (SSSR count). The predicted octanol–water partition coefficient (Wildman–Crippen LogP) is 3.29. The van der Waals surface area contributed by atoms with E-state index in [1.165, 1.54) is 30.3 Å². The third-order valence-electron chi connectivity index (χ3n) is 2.53. The Hall–Kier alpha value is -2.30. The van der Waals surface area contributed by atoms with Crippen molar-refractivity contribution in [1.29, 1.82) is 0 Å². The number of amides is 1. The molecule has 2 nitrogen and oxygen atoms in total. The SMILES string of the molecule is O=C(Cc1ccccc1F)Nc1cccc(F)c1F. The Morgan fingerprint density at radius 1 is 0.947 bits per heavy atom. The van der Waals surface area contributed by atoms with Crippen LogP contribution in [0.3, 0.4) is 0 Å². The molecule has 2 aromatic rings. The first kappa shape index (κ1) is 13.1. The molecule has 0 aliphatic carbocycles. The van der Waals surface area contributed by atoms with Crippen LogP contribution >= 0.6 is 0 Å². The minimum absolute atomic E-state index is 0.191. The summed E-state index contributed by atoms with van der Waals surface area (Å²) in [5.41, 5.74) is -0.0712. The smallest absolute Gasteiger partial charge is 0.228 e. The van der Waals surface area contributed by atoms with Crippen LogP contribution in [-0.4, -0.2) is 5.91 Å². The van der Waals surface area contributed by atoms with Gasteiger partial charge in [0.25, 0.3) is 0 Å². The maximum absolute atomic E-state index is 13.3. The van der Waals surface area contributed by atoms with Crippen molar-refractivity contribution in [2.45, 2.75) is 6.42 Å². The standard InChI is InChI=1S/C14H10F3NO/c15-10-5-2-1-4-9(10)8-13(19)18-12-7-3-6-11(16)14(12)17/h1-7H,8H2,(H,18,19). The van der Waals surface area contributed by atoms with Crippen molar-refractivity contribution >= 4 is 11.6 Å². The van der Waals surface area contributed by atoms with Crippen LogP contribution in [0, 0.1) is 17.5 Å². The van der Waals surface area contributed by atoms with Crippen molar-refractivity contribution in [2.75, 3.05) is 5.32 Å². The molecule has 1 amide bonds. The number of benzene rings is 2. The fourth-order valence-corrected chi connectivity index (χ4v) is 1.61. The second-order valence-electron chi connectivity index (χ2n) is 3.92. The highest BCUT2D eigenvalue weighted by Gasteiger charge is 2.12. The monoisotopic (exact) mass is 265 g/mol. The van der Waals surface area contributed by atoms with Gasteiger partial charge in [-0.1, -0.05) is 24.3 Å². The highest BCUT2D eigenvalue weighted by Crippen LogP contribution is 2.17. The lowest BCUT2D eigenvalue weighted by molar-refractivity contribution is -0.115. The highest BCUT2D eigenvalue weighted by atomic mass is 19.2. The lowest BCUT2D eigenvalue weighted by Gasteiger charge is -2.07. The van der Waals surface area contributed by atoms with E-state index in [0.29, 0.717) is 0 Å². The van der Waals surface area contributed by atoms with E-state index in [0.717, 1.165) is 6.07 Å². The Morgan fingerprint density at radius 2 is 1.63 bits per heavy atom. The third-order valence-corrected chi connectivity index (χ3v) is 2.53. The van der Waals surface area contributed by atoms with Crippen LogP contribution in [0.25, 0.3) is 0 Å². The number of rotatable bonds is 3. The zero-order valence-corrected chi connectivity index (χ0v) is 9.79. The molecule has 0 saturated heterocycles. The molecule has 0 fully saturated rings. The van der Waals surface area contributed by atoms with E-state index >= 15 is 0 Å². The number of nitrogens with one attached hydrogen (secondary N) is 1. The molecule has 0 aliphatic rings. The largest absolute Gasteiger partial charge is 0.323 e. The van der Waals surface area contributed by atoms with Gasteiger partial charge in [0, 0.05) is 0 Å². The zero-order valence-electron chi connectivity index (χ0n) is 9.79. The highest BCUT2D eigenvalue weighted by molar-refractivity contribution is 5.92. The summed E-state index contributed by atoms with van der Waals surface area (Å²) in [4.78, 5) is 11.6. The molecular formula is C14H10F3NO. The van der Waals surface area contributed by atoms with Gasteiger partial charge in [0.15, 0.2) is 11.6 Å². The number of carbonyl (C=O) groups excluding carboxylic acids is 1. The quantitative estimate of drug-likeness (QED) is 0.906. The first-order valence-electron chi connectivity index (χ1n) is 5.55. The second-order valence-corrected chi connectivity index (χ2v) is 3.92. The minimum Gasteiger partial charge on any atom is -0.323 e. The number of halogens is 3. The first-order chi connectivity index (χ1) is 9.08. The van der Waals surface area contributed by atoms with Crippen LogP contribution in [0.4, 0.5) is 18.9 Å². The van der Waals surface area contributed by atoms with Gasteiger partial charge in [0.05, 0.1) is 12.1 Å². The van der Waals surface area contributed by atoms with Crippen molar-refractivity contribution < 1.29 is 18.0 Å². The van der Waals surface area contributed by atoms with Crippen molar-refractivity contribution in [2.24, 2.45) is 0 Å². The Morgan fingerprint density at radius 3 is 2.37 bits per heavy atom. The first-order valence-corrected chi connectivity index (χ1v) is 5.55. The molecule has 0 aliphatic heterocycles. The maximum Gasteiger partial charge on any atom is 0.228 e. The molecule has 0 unspecified atom stereocenters. The minimum atomic E-state index is -1.13. The van der Waals surface area contributed by atoms with Crippen LogP contribution < -0.4 is 5.32 Å². The van der Waals surface area contributed by atoms with Gasteiger partial charge < -0.3 is 5.32 Å². The van der Waals surface area contributed by atoms with Crippen molar-refractivity contribution in [1.82, 2.24) is 0 Å². The summed E-state index contributed by atoms with van der Waals surface area (Å²) in [7, 11) is 0. The van der Waals surface area contributed by atoms with E-state index in [2.05, 4.69) is 5.32 Å². The third kappa shape index (κ3) is 3.13. The van der Waals surface area contributed by atoms with Crippen molar-refractivity contribution in [3.63, 3.8) is 0 Å². The fourth-order valence-electron chi connectivity index (χ4n) is 1.61. The fraction of sp³-hybridized carbons (Fsp3) is 0.0714. The lowest BCUT2D eigenvalue weighted by Crippen LogP contribution is -2.16. The van der Waals surface area contributed by atoms with E-state index in [-0.39, 0.29) is 17.7 Å². The molecular weight excluding hydrogens is 255 g/mol. The summed E-state index contributed by atoms with van der Waals surface area (Å²) < 4.78 is 39.6. The Balaban J connectivity index is 2.10. The molecule has 0 radical (unpaired) electrons. The average Bonchev–Trinajstić information content (AvgIpc) is 2.38. The number of anilines is 1. The number of hydrogen-bond donors (Lipinski definition) is 1. The molecule has 5 heteroatoms. The molecule has 0 atom stereocenters. The van der Waals surface area contributed by atoms with Gasteiger partial charge in [-0.3, -0.25) is 4.79 Å². The van der Waals surface area contributed by atoms with Crippen LogP contribution in [0.2, 0.25) is 0 Å². The molecule has 0 saturated carbocycles. The van der Waals surface area contributed by atoms with Gasteiger partial charge in [-0.05, 0) is 23.8 Å². The Kier molecular flexibility index (Phi) is 3.85. The van der Waals surface area contributed by atoms with Crippen molar-refractivity contribution in [3.05, 3.63) is 65.5 Å². The molecule has 0 bridgehead atoms. The van der Waals surface area contributed by atoms with E-state index in [1.54, 1.807) is 6.07 Å².